The molecule has 3 aromatic carbocycles. The second-order valence-corrected chi connectivity index (χ2v) is 10.9. The molecule has 8 nitrogen and oxygen atoms in total. The second-order valence-electron chi connectivity index (χ2n) is 9.43. The minimum atomic E-state index is -4.13. The lowest BCUT2D eigenvalue weighted by molar-refractivity contribution is 0.399. The zero-order valence-electron chi connectivity index (χ0n) is 19.8. The highest BCUT2D eigenvalue weighted by Gasteiger charge is 2.24. The molecule has 0 saturated heterocycles. The van der Waals surface area contributed by atoms with Crippen molar-refractivity contribution in [3.8, 4) is 22.6 Å². The Morgan fingerprint density at radius 3 is 2.29 bits per heavy atom. The summed E-state index contributed by atoms with van der Waals surface area (Å²) in [5.41, 5.74) is 2.21. The number of nitrogens with one attached hydrogen (secondary N) is 1. The smallest absolute Gasteiger partial charge is 0.332 e. The lowest BCUT2D eigenvalue weighted by atomic mass is 9.83. The summed E-state index contributed by atoms with van der Waals surface area (Å²) in [5, 5.41) is 1.69. The first-order chi connectivity index (χ1) is 16.4. The minimum Gasteiger partial charge on any atom is -0.496 e. The Morgan fingerprint density at radius 2 is 1.66 bits per heavy atom. The lowest BCUT2D eigenvalue weighted by Crippen LogP contribution is -2.27. The highest BCUT2D eigenvalue weighted by Crippen LogP contribution is 2.41. The number of H-pyrrole nitrogens is 1. The maximum absolute atomic E-state index is 12.5. The molecule has 1 aromatic heterocycles. The van der Waals surface area contributed by atoms with E-state index in [-0.39, 0.29) is 5.41 Å². The van der Waals surface area contributed by atoms with Crippen LogP contribution < -0.4 is 16.0 Å². The summed E-state index contributed by atoms with van der Waals surface area (Å²) in [7, 11) is -2.53. The standard InChI is InChI=1S/C26H26N2O6S/c1-26(2,3)22-14-20(28-10-9-23(29)27-25(28)30)13-21(24(22)34-4)19-8-7-17-11-16(15-35(31,32)33)5-6-18(17)12-19/h5-14H,15H2,1-4H3,(H,27,29,30)(H,31,32,33). The van der Waals surface area contributed by atoms with Crippen molar-refractivity contribution in [2.75, 3.05) is 7.11 Å². The van der Waals surface area contributed by atoms with E-state index in [2.05, 4.69) is 4.98 Å². The van der Waals surface area contributed by atoms with Crippen LogP contribution in [0.1, 0.15) is 31.9 Å². The van der Waals surface area contributed by atoms with Gasteiger partial charge in [0.1, 0.15) is 11.5 Å². The molecular weight excluding hydrogens is 468 g/mol. The van der Waals surface area contributed by atoms with Crippen molar-refractivity contribution < 1.29 is 17.7 Å². The van der Waals surface area contributed by atoms with Gasteiger partial charge in [-0.3, -0.25) is 18.9 Å². The number of nitrogens with zero attached hydrogens (tertiary/aromatic N) is 1. The molecule has 0 atom stereocenters. The normalized spacial score (nSPS) is 12.1. The molecule has 4 aromatic rings. The van der Waals surface area contributed by atoms with E-state index < -0.39 is 27.1 Å². The van der Waals surface area contributed by atoms with Crippen molar-refractivity contribution in [1.29, 1.82) is 0 Å². The predicted octanol–water partition coefficient (Wildman–Crippen LogP) is 4.04. The van der Waals surface area contributed by atoms with E-state index in [1.54, 1.807) is 25.3 Å². The van der Waals surface area contributed by atoms with E-state index in [1.165, 1.54) is 16.8 Å². The molecule has 35 heavy (non-hydrogen) atoms. The van der Waals surface area contributed by atoms with Crippen LogP contribution in [0.15, 0.2) is 70.4 Å². The van der Waals surface area contributed by atoms with Gasteiger partial charge in [0.05, 0.1) is 12.8 Å². The van der Waals surface area contributed by atoms with E-state index in [4.69, 9.17) is 9.29 Å². The number of hydrogen-bond donors (Lipinski definition) is 2. The molecule has 0 fully saturated rings. The summed E-state index contributed by atoms with van der Waals surface area (Å²) in [6, 6.07) is 15.9. The fraction of sp³-hybridized carbons (Fsp3) is 0.231. The number of fused-ring (bicyclic) bond motifs is 1. The number of ether oxygens (including phenoxy) is 1. The van der Waals surface area contributed by atoms with Gasteiger partial charge >= 0.3 is 5.69 Å². The highest BCUT2D eigenvalue weighted by molar-refractivity contribution is 7.85. The monoisotopic (exact) mass is 494 g/mol. The van der Waals surface area contributed by atoms with Gasteiger partial charge in [0.2, 0.25) is 0 Å². The molecule has 1 heterocycles. The summed E-state index contributed by atoms with van der Waals surface area (Å²) in [6.45, 7) is 6.14. The van der Waals surface area contributed by atoms with Crippen LogP contribution in [-0.4, -0.2) is 29.6 Å². The minimum absolute atomic E-state index is 0.316. The largest absolute Gasteiger partial charge is 0.496 e. The number of methoxy groups -OCH3 is 1. The number of aromatic amines is 1. The molecular formula is C26H26N2O6S. The van der Waals surface area contributed by atoms with Crippen molar-refractivity contribution in [3.05, 3.63) is 92.8 Å². The van der Waals surface area contributed by atoms with Gasteiger partial charge in [0.15, 0.2) is 0 Å². The van der Waals surface area contributed by atoms with Gasteiger partial charge in [-0.25, -0.2) is 4.79 Å². The van der Waals surface area contributed by atoms with Crippen LogP contribution >= 0.6 is 0 Å². The average Bonchev–Trinajstić information content (AvgIpc) is 2.76. The third kappa shape index (κ3) is 5.21. The molecule has 0 saturated carbocycles. The summed E-state index contributed by atoms with van der Waals surface area (Å²) >= 11 is 0. The van der Waals surface area contributed by atoms with Gasteiger partial charge < -0.3 is 4.74 Å². The number of hydrogen-bond acceptors (Lipinski definition) is 5. The SMILES string of the molecule is COc1c(-c2ccc3cc(CS(=O)(=O)O)ccc3c2)cc(-n2ccc(=O)[nH]c2=O)cc1C(C)(C)C. The number of benzene rings is 3. The second kappa shape index (κ2) is 8.83. The third-order valence-corrected chi connectivity index (χ3v) is 6.45. The first-order valence-corrected chi connectivity index (χ1v) is 12.5. The van der Waals surface area contributed by atoms with E-state index in [0.717, 1.165) is 27.5 Å². The summed E-state index contributed by atoms with van der Waals surface area (Å²) in [4.78, 5) is 26.4. The Morgan fingerprint density at radius 1 is 0.971 bits per heavy atom. The molecule has 0 bridgehead atoms. The Kier molecular flexibility index (Phi) is 6.16. The topological polar surface area (TPSA) is 118 Å². The highest BCUT2D eigenvalue weighted by atomic mass is 32.2. The molecule has 0 aliphatic carbocycles. The Balaban J connectivity index is 1.94. The van der Waals surface area contributed by atoms with Crippen LogP contribution in [0.5, 0.6) is 5.75 Å². The average molecular weight is 495 g/mol. The molecule has 0 aliphatic rings. The van der Waals surface area contributed by atoms with E-state index in [1.807, 2.05) is 51.1 Å². The molecule has 2 N–H and O–H groups in total. The molecule has 4 rings (SSSR count). The number of rotatable bonds is 5. The van der Waals surface area contributed by atoms with E-state index in [9.17, 15) is 18.0 Å². The first kappa shape index (κ1) is 24.4. The van der Waals surface area contributed by atoms with E-state index >= 15 is 0 Å². The van der Waals surface area contributed by atoms with Crippen molar-refractivity contribution in [3.63, 3.8) is 0 Å². The fourth-order valence-electron chi connectivity index (χ4n) is 4.13. The Labute approximate surface area is 202 Å². The fourth-order valence-corrected chi connectivity index (χ4v) is 4.73. The Bertz CT molecular complexity index is 1660. The zero-order valence-corrected chi connectivity index (χ0v) is 20.6. The van der Waals surface area contributed by atoms with Gasteiger partial charge in [-0.15, -0.1) is 0 Å². The van der Waals surface area contributed by atoms with Crippen molar-refractivity contribution >= 4 is 20.9 Å². The van der Waals surface area contributed by atoms with Gasteiger partial charge in [-0.05, 0) is 45.5 Å². The molecule has 9 heteroatoms. The molecule has 0 aliphatic heterocycles. The van der Waals surface area contributed by atoms with Crippen LogP contribution in [0.4, 0.5) is 0 Å². The van der Waals surface area contributed by atoms with Crippen molar-refractivity contribution in [1.82, 2.24) is 9.55 Å². The van der Waals surface area contributed by atoms with Gasteiger partial charge in [-0.1, -0.05) is 51.1 Å². The molecule has 182 valence electrons. The summed E-state index contributed by atoms with van der Waals surface area (Å²) < 4.78 is 38.9. The van der Waals surface area contributed by atoms with Gasteiger partial charge in [0.25, 0.3) is 15.7 Å². The molecule has 0 spiro atoms. The molecule has 0 amide bonds. The van der Waals surface area contributed by atoms with Crippen LogP contribution in [0.2, 0.25) is 0 Å². The van der Waals surface area contributed by atoms with Crippen molar-refractivity contribution in [2.24, 2.45) is 0 Å². The van der Waals surface area contributed by atoms with Crippen LogP contribution in [-0.2, 0) is 21.3 Å². The quantitative estimate of drug-likeness (QED) is 0.404. The van der Waals surface area contributed by atoms with Crippen molar-refractivity contribution in [2.45, 2.75) is 31.9 Å². The lowest BCUT2D eigenvalue weighted by Gasteiger charge is -2.25. The molecule has 0 radical (unpaired) electrons. The zero-order chi connectivity index (χ0) is 25.5. The van der Waals surface area contributed by atoms with Crippen LogP contribution in [0.3, 0.4) is 0 Å². The molecule has 0 unspecified atom stereocenters. The Hall–Kier alpha value is -3.69. The maximum Gasteiger partial charge on any atom is 0.332 e. The van der Waals surface area contributed by atoms with Crippen LogP contribution in [0, 0.1) is 0 Å². The first-order valence-electron chi connectivity index (χ1n) is 10.9. The summed E-state index contributed by atoms with van der Waals surface area (Å²) in [6.07, 6.45) is 1.44. The third-order valence-electron chi connectivity index (χ3n) is 5.75. The van der Waals surface area contributed by atoms with Gasteiger partial charge in [0, 0.05) is 23.4 Å². The van der Waals surface area contributed by atoms with Gasteiger partial charge in [-0.2, -0.15) is 8.42 Å². The predicted molar refractivity (Wildman–Crippen MR) is 136 cm³/mol. The van der Waals surface area contributed by atoms with Crippen LogP contribution in [0.25, 0.3) is 27.6 Å². The summed E-state index contributed by atoms with van der Waals surface area (Å²) in [5.74, 6) is 0.213. The maximum atomic E-state index is 12.5. The van der Waals surface area contributed by atoms with E-state index in [0.29, 0.717) is 17.0 Å². The number of aromatic nitrogens is 2.